The number of anilines is 1. The van der Waals surface area contributed by atoms with E-state index < -0.39 is 0 Å². The number of pyridine rings is 1. The van der Waals surface area contributed by atoms with Crippen LogP contribution < -0.4 is 10.9 Å². The van der Waals surface area contributed by atoms with E-state index in [1.54, 1.807) is 17.1 Å². The van der Waals surface area contributed by atoms with Gasteiger partial charge in [-0.15, -0.1) is 11.3 Å². The van der Waals surface area contributed by atoms with Gasteiger partial charge in [0, 0.05) is 24.6 Å². The Labute approximate surface area is 157 Å². The van der Waals surface area contributed by atoms with E-state index in [4.69, 9.17) is 0 Å². The highest BCUT2D eigenvalue weighted by Crippen LogP contribution is 2.33. The maximum Gasteiger partial charge on any atom is 0.275 e. The summed E-state index contributed by atoms with van der Waals surface area (Å²) in [6, 6.07) is 1.90. The van der Waals surface area contributed by atoms with Crippen molar-refractivity contribution in [1.29, 1.82) is 0 Å². The molecule has 0 aliphatic rings. The summed E-state index contributed by atoms with van der Waals surface area (Å²) in [6.45, 7) is 6.35. The van der Waals surface area contributed by atoms with E-state index in [2.05, 4.69) is 48.2 Å². The largest absolute Gasteiger partial charge is 0.387 e. The average molecular weight is 369 g/mol. The standard InChI is InChI=1S/C20H24N4OS/c1-5-6-7-8-14(11-13(2)3)24-12-23-17-16-15(21-4)9-10-22-19(16)26-18(17)20(24)25/h7-13H,5-6H2,1-4H3,(H,21,22)/b8-7-,14-11+. The highest BCUT2D eigenvalue weighted by Gasteiger charge is 2.16. The highest BCUT2D eigenvalue weighted by atomic mass is 32.1. The molecule has 0 aromatic carbocycles. The minimum Gasteiger partial charge on any atom is -0.387 e. The molecule has 0 unspecified atom stereocenters. The molecule has 3 rings (SSSR count). The van der Waals surface area contributed by atoms with Crippen LogP contribution in [0.5, 0.6) is 0 Å². The van der Waals surface area contributed by atoms with Gasteiger partial charge in [0.25, 0.3) is 5.56 Å². The number of hydrogen-bond donors (Lipinski definition) is 1. The number of aromatic nitrogens is 3. The van der Waals surface area contributed by atoms with Gasteiger partial charge in [0.1, 0.15) is 15.9 Å². The van der Waals surface area contributed by atoms with Crippen molar-refractivity contribution in [1.82, 2.24) is 14.5 Å². The number of fused-ring (bicyclic) bond motifs is 3. The van der Waals surface area contributed by atoms with Gasteiger partial charge in [0.2, 0.25) is 0 Å². The summed E-state index contributed by atoms with van der Waals surface area (Å²) in [4.78, 5) is 23.0. The van der Waals surface area contributed by atoms with Gasteiger partial charge in [-0.05, 0) is 24.5 Å². The van der Waals surface area contributed by atoms with Crippen LogP contribution in [0.3, 0.4) is 0 Å². The average Bonchev–Trinajstić information content (AvgIpc) is 3.01. The first kappa shape index (κ1) is 18.3. The van der Waals surface area contributed by atoms with E-state index in [-0.39, 0.29) is 5.56 Å². The molecule has 0 atom stereocenters. The van der Waals surface area contributed by atoms with Crippen LogP contribution >= 0.6 is 11.3 Å². The SMILES string of the molecule is CCC/C=C\C(=C/C(C)C)n1cnc2c(sc3nccc(NC)c32)c1=O. The molecule has 0 bridgehead atoms. The summed E-state index contributed by atoms with van der Waals surface area (Å²) >= 11 is 1.40. The van der Waals surface area contributed by atoms with Gasteiger partial charge in [-0.25, -0.2) is 9.97 Å². The number of rotatable bonds is 6. The van der Waals surface area contributed by atoms with Gasteiger partial charge >= 0.3 is 0 Å². The molecule has 26 heavy (non-hydrogen) atoms. The second kappa shape index (κ2) is 7.83. The summed E-state index contributed by atoms with van der Waals surface area (Å²) in [5.41, 5.74) is 2.47. The van der Waals surface area contributed by atoms with Crippen LogP contribution in [0.4, 0.5) is 5.69 Å². The van der Waals surface area contributed by atoms with Crippen LogP contribution in [0.1, 0.15) is 33.6 Å². The molecular formula is C20H24N4OS. The number of hydrogen-bond acceptors (Lipinski definition) is 5. The zero-order chi connectivity index (χ0) is 18.7. The fraction of sp³-hybridized carbons (Fsp3) is 0.350. The van der Waals surface area contributed by atoms with Gasteiger partial charge in [0.15, 0.2) is 0 Å². The van der Waals surface area contributed by atoms with Crippen molar-refractivity contribution in [3.05, 3.63) is 47.2 Å². The van der Waals surface area contributed by atoms with Crippen molar-refractivity contribution in [3.8, 4) is 0 Å². The molecule has 0 spiro atoms. The first-order valence-electron chi connectivity index (χ1n) is 8.92. The van der Waals surface area contributed by atoms with Crippen molar-refractivity contribution < 1.29 is 0 Å². The molecule has 0 aliphatic heterocycles. The third kappa shape index (κ3) is 3.42. The Bertz CT molecular complexity index is 1040. The Balaban J connectivity index is 2.23. The van der Waals surface area contributed by atoms with Crippen molar-refractivity contribution in [3.63, 3.8) is 0 Å². The second-order valence-corrected chi connectivity index (χ2v) is 7.51. The molecule has 5 nitrogen and oxygen atoms in total. The molecular weight excluding hydrogens is 344 g/mol. The van der Waals surface area contributed by atoms with Crippen molar-refractivity contribution in [2.75, 3.05) is 12.4 Å². The second-order valence-electron chi connectivity index (χ2n) is 6.51. The van der Waals surface area contributed by atoms with Gasteiger partial charge in [-0.3, -0.25) is 9.36 Å². The van der Waals surface area contributed by atoms with Crippen LogP contribution in [-0.4, -0.2) is 21.6 Å². The Morgan fingerprint density at radius 3 is 2.88 bits per heavy atom. The maximum atomic E-state index is 13.2. The summed E-state index contributed by atoms with van der Waals surface area (Å²) < 4.78 is 2.28. The van der Waals surface area contributed by atoms with E-state index in [0.29, 0.717) is 16.1 Å². The number of thiophene rings is 1. The number of nitrogens with one attached hydrogen (secondary N) is 1. The Hall–Kier alpha value is -2.47. The van der Waals surface area contributed by atoms with Crippen molar-refractivity contribution >= 4 is 43.2 Å². The molecule has 6 heteroatoms. The maximum absolute atomic E-state index is 13.2. The summed E-state index contributed by atoms with van der Waals surface area (Å²) in [5.74, 6) is 0.332. The molecule has 3 aromatic heterocycles. The van der Waals surface area contributed by atoms with Crippen LogP contribution in [0, 0.1) is 5.92 Å². The molecule has 0 amide bonds. The van der Waals surface area contributed by atoms with Crippen LogP contribution in [-0.2, 0) is 0 Å². The Morgan fingerprint density at radius 2 is 2.19 bits per heavy atom. The third-order valence-corrected chi connectivity index (χ3v) is 5.15. The lowest BCUT2D eigenvalue weighted by Crippen LogP contribution is -2.18. The van der Waals surface area contributed by atoms with E-state index in [9.17, 15) is 4.79 Å². The monoisotopic (exact) mass is 368 g/mol. The molecule has 0 aliphatic carbocycles. The fourth-order valence-electron chi connectivity index (χ4n) is 2.87. The van der Waals surface area contributed by atoms with Crippen molar-refractivity contribution in [2.24, 2.45) is 5.92 Å². The normalized spacial score (nSPS) is 12.7. The lowest BCUT2D eigenvalue weighted by molar-refractivity contribution is 0.823. The first-order chi connectivity index (χ1) is 12.6. The molecule has 3 aromatic rings. The lowest BCUT2D eigenvalue weighted by atomic mass is 10.1. The molecule has 3 heterocycles. The molecule has 0 radical (unpaired) electrons. The van der Waals surface area contributed by atoms with Crippen LogP contribution in [0.2, 0.25) is 0 Å². The predicted octanol–water partition coefficient (Wildman–Crippen LogP) is 4.90. The van der Waals surface area contributed by atoms with E-state index >= 15 is 0 Å². The van der Waals surface area contributed by atoms with E-state index in [1.807, 2.05) is 19.2 Å². The predicted molar refractivity (Wildman–Crippen MR) is 112 cm³/mol. The minimum absolute atomic E-state index is 0.0481. The number of allylic oxidation sites excluding steroid dienone is 4. The molecule has 0 saturated carbocycles. The third-order valence-electron chi connectivity index (χ3n) is 4.08. The smallest absolute Gasteiger partial charge is 0.275 e. The lowest BCUT2D eigenvalue weighted by Gasteiger charge is -2.08. The minimum atomic E-state index is -0.0481. The molecule has 1 N–H and O–H groups in total. The first-order valence-corrected chi connectivity index (χ1v) is 9.73. The van der Waals surface area contributed by atoms with Crippen LogP contribution in [0.15, 0.2) is 41.6 Å². The van der Waals surface area contributed by atoms with E-state index in [0.717, 1.165) is 34.4 Å². The molecule has 0 saturated heterocycles. The zero-order valence-corrected chi connectivity index (χ0v) is 16.4. The van der Waals surface area contributed by atoms with Crippen molar-refractivity contribution in [2.45, 2.75) is 33.6 Å². The fourth-order valence-corrected chi connectivity index (χ4v) is 3.93. The van der Waals surface area contributed by atoms with Gasteiger partial charge in [-0.1, -0.05) is 39.3 Å². The topological polar surface area (TPSA) is 59.8 Å². The van der Waals surface area contributed by atoms with Gasteiger partial charge < -0.3 is 5.32 Å². The van der Waals surface area contributed by atoms with Gasteiger partial charge in [-0.2, -0.15) is 0 Å². The van der Waals surface area contributed by atoms with Gasteiger partial charge in [0.05, 0.1) is 10.9 Å². The molecule has 136 valence electrons. The quantitative estimate of drug-likeness (QED) is 0.629. The summed E-state index contributed by atoms with van der Waals surface area (Å²) in [6.07, 6.45) is 11.7. The summed E-state index contributed by atoms with van der Waals surface area (Å²) in [5, 5.41) is 4.07. The Morgan fingerprint density at radius 1 is 1.38 bits per heavy atom. The number of nitrogens with zero attached hydrogens (tertiary/aromatic N) is 3. The zero-order valence-electron chi connectivity index (χ0n) is 15.6. The van der Waals surface area contributed by atoms with Crippen LogP contribution in [0.25, 0.3) is 26.1 Å². The molecule has 0 fully saturated rings. The summed E-state index contributed by atoms with van der Waals surface area (Å²) in [7, 11) is 1.86. The Kier molecular flexibility index (Phi) is 5.52. The van der Waals surface area contributed by atoms with E-state index in [1.165, 1.54) is 11.3 Å². The number of unbranched alkanes of at least 4 members (excludes halogenated alkanes) is 1. The highest BCUT2D eigenvalue weighted by molar-refractivity contribution is 7.25.